The second-order valence-electron chi connectivity index (χ2n) is 2.14. The van der Waals surface area contributed by atoms with E-state index in [2.05, 4.69) is 6.92 Å². The zero-order chi connectivity index (χ0) is 7.56. The van der Waals surface area contributed by atoms with Gasteiger partial charge in [0.1, 0.15) is 0 Å². The molecule has 0 fully saturated rings. The van der Waals surface area contributed by atoms with Crippen molar-refractivity contribution in [1.29, 1.82) is 5.26 Å². The zero-order valence-corrected chi connectivity index (χ0v) is 8.87. The van der Waals surface area contributed by atoms with E-state index < -0.39 is 0 Å². The lowest BCUT2D eigenvalue weighted by Crippen LogP contribution is -3.00. The first-order valence-corrected chi connectivity index (χ1v) is 4.04. The summed E-state index contributed by atoms with van der Waals surface area (Å²) in [5.41, 5.74) is 1.20. The van der Waals surface area contributed by atoms with E-state index in [-0.39, 0.29) is 17.0 Å². The average Bonchev–Trinajstić information content (AvgIpc) is 2.20. The fourth-order valence-electron chi connectivity index (χ4n) is 0.774. The van der Waals surface area contributed by atoms with Crippen LogP contribution in [0, 0.1) is 11.3 Å². The van der Waals surface area contributed by atoms with Crippen LogP contribution in [0.15, 0.2) is 10.6 Å². The van der Waals surface area contributed by atoms with Crippen LogP contribution in [0.3, 0.4) is 0 Å². The van der Waals surface area contributed by atoms with Crippen LogP contribution in [0.1, 0.15) is 13.8 Å². The maximum atomic E-state index is 8.35. The lowest BCUT2D eigenvalue weighted by atomic mass is 10.4. The molecule has 0 amide bonds. The molecule has 0 N–H and O–H groups in total. The summed E-state index contributed by atoms with van der Waals surface area (Å²) in [5.74, 6) is 0.894. The van der Waals surface area contributed by atoms with Crippen LogP contribution in [0.5, 0.6) is 0 Å². The van der Waals surface area contributed by atoms with Gasteiger partial charge in [-0.05, 0) is 6.92 Å². The highest BCUT2D eigenvalue weighted by Crippen LogP contribution is 2.26. The van der Waals surface area contributed by atoms with E-state index in [4.69, 9.17) is 5.26 Å². The number of nitriles is 1. The molecule has 0 saturated carbocycles. The third-order valence-electron chi connectivity index (χ3n) is 1.57. The summed E-state index contributed by atoms with van der Waals surface area (Å²) >= 11 is 1.78. The average molecular weight is 233 g/mol. The molecule has 0 aliphatic carbocycles. The topological polar surface area (TPSA) is 26.8 Å². The lowest BCUT2D eigenvalue weighted by Gasteiger charge is -1.86. The Hall–Kier alpha value is -0.270. The van der Waals surface area contributed by atoms with Crippen LogP contribution in [-0.4, -0.2) is 16.7 Å². The molecule has 1 aliphatic rings. The van der Waals surface area contributed by atoms with Crippen molar-refractivity contribution in [3.05, 3.63) is 10.6 Å². The zero-order valence-electron chi connectivity index (χ0n) is 6.47. The fraction of sp³-hybridized carbons (Fsp3) is 0.429. The third kappa shape index (κ3) is 2.35. The summed E-state index contributed by atoms with van der Waals surface area (Å²) in [6.07, 6.45) is 1.55. The molecule has 60 valence electrons. The first-order chi connectivity index (χ1) is 4.75. The molecule has 1 rings (SSSR count). The van der Waals surface area contributed by atoms with E-state index in [0.717, 1.165) is 5.88 Å². The molecule has 0 atom stereocenters. The quantitative estimate of drug-likeness (QED) is 0.479. The molecular formula is C7H9BrN2S. The van der Waals surface area contributed by atoms with Crippen molar-refractivity contribution in [2.24, 2.45) is 0 Å². The van der Waals surface area contributed by atoms with Crippen molar-refractivity contribution in [1.82, 2.24) is 0 Å². The highest BCUT2D eigenvalue weighted by Gasteiger charge is 2.19. The van der Waals surface area contributed by atoms with E-state index in [1.807, 2.05) is 17.6 Å². The molecule has 0 aromatic carbocycles. The Morgan fingerprint density at radius 3 is 2.64 bits per heavy atom. The molecule has 1 heterocycles. The number of halogens is 1. The van der Waals surface area contributed by atoms with Gasteiger partial charge in [0.15, 0.2) is 17.6 Å². The Bertz CT molecular complexity index is 250. The van der Waals surface area contributed by atoms with Gasteiger partial charge in [-0.1, -0.05) is 11.8 Å². The fourth-order valence-corrected chi connectivity index (χ4v) is 1.70. The molecule has 2 nitrogen and oxygen atoms in total. The van der Waals surface area contributed by atoms with Crippen LogP contribution in [0.2, 0.25) is 0 Å². The van der Waals surface area contributed by atoms with Crippen LogP contribution in [-0.2, 0) is 0 Å². The lowest BCUT2D eigenvalue weighted by molar-refractivity contribution is -0.444. The Labute approximate surface area is 81.4 Å². The molecule has 0 aromatic rings. The second-order valence-corrected chi connectivity index (χ2v) is 3.30. The van der Waals surface area contributed by atoms with Gasteiger partial charge in [-0.2, -0.15) is 9.84 Å². The molecule has 0 spiro atoms. The van der Waals surface area contributed by atoms with Crippen molar-refractivity contribution in [3.63, 3.8) is 0 Å². The molecule has 4 heteroatoms. The van der Waals surface area contributed by atoms with Gasteiger partial charge < -0.3 is 17.0 Å². The van der Waals surface area contributed by atoms with E-state index in [9.17, 15) is 0 Å². The number of nitrogens with zero attached hydrogens (tertiary/aromatic N) is 2. The predicted molar refractivity (Wildman–Crippen MR) is 42.8 cm³/mol. The monoisotopic (exact) mass is 232 g/mol. The van der Waals surface area contributed by atoms with Crippen LogP contribution in [0.4, 0.5) is 0 Å². The molecule has 11 heavy (non-hydrogen) atoms. The first-order valence-electron chi connectivity index (χ1n) is 3.05. The van der Waals surface area contributed by atoms with Gasteiger partial charge in [0.25, 0.3) is 0 Å². The van der Waals surface area contributed by atoms with E-state index in [1.54, 1.807) is 18.0 Å². The largest absolute Gasteiger partial charge is 1.00 e. The minimum Gasteiger partial charge on any atom is -1.00 e. The predicted octanol–water partition coefficient (Wildman–Crippen LogP) is -1.45. The van der Waals surface area contributed by atoms with Gasteiger partial charge in [-0.3, -0.25) is 0 Å². The van der Waals surface area contributed by atoms with Gasteiger partial charge in [0.05, 0.1) is 4.91 Å². The van der Waals surface area contributed by atoms with Crippen LogP contribution < -0.4 is 17.0 Å². The van der Waals surface area contributed by atoms with Gasteiger partial charge in [-0.15, -0.1) is 0 Å². The molecule has 1 aliphatic heterocycles. The molecular weight excluding hydrogens is 224 g/mol. The molecule has 0 radical (unpaired) electrons. The summed E-state index contributed by atoms with van der Waals surface area (Å²) in [6.45, 7) is 4.11. The Morgan fingerprint density at radius 2 is 2.27 bits per heavy atom. The summed E-state index contributed by atoms with van der Waals surface area (Å²) in [5, 5.41) is 8.35. The Kier molecular flexibility index (Phi) is 4.46. The molecule has 0 unspecified atom stereocenters. The maximum absolute atomic E-state index is 8.35. The Morgan fingerprint density at radius 1 is 1.64 bits per heavy atom. The molecule has 0 bridgehead atoms. The second kappa shape index (κ2) is 4.58. The molecule has 0 aromatic heterocycles. The van der Waals surface area contributed by atoms with Crippen molar-refractivity contribution < 1.29 is 21.6 Å². The van der Waals surface area contributed by atoms with Gasteiger partial charge >= 0.3 is 0 Å². The first kappa shape index (κ1) is 10.7. The highest BCUT2D eigenvalue weighted by molar-refractivity contribution is 8.03. The summed E-state index contributed by atoms with van der Waals surface area (Å²) in [4.78, 5) is 1.31. The van der Waals surface area contributed by atoms with Gasteiger partial charge in [0, 0.05) is 6.92 Å². The van der Waals surface area contributed by atoms with Crippen LogP contribution >= 0.6 is 11.8 Å². The smallest absolute Gasteiger partial charge is 0.247 e. The van der Waals surface area contributed by atoms with Gasteiger partial charge in [0.2, 0.25) is 6.21 Å². The maximum Gasteiger partial charge on any atom is 0.247 e. The van der Waals surface area contributed by atoms with Crippen molar-refractivity contribution in [2.45, 2.75) is 13.8 Å². The van der Waals surface area contributed by atoms with Crippen molar-refractivity contribution >= 4 is 18.0 Å². The minimum absolute atomic E-state index is 0. The van der Waals surface area contributed by atoms with E-state index >= 15 is 0 Å². The summed E-state index contributed by atoms with van der Waals surface area (Å²) < 4.78 is 1.96. The number of allylic oxidation sites excluding steroid dienone is 2. The third-order valence-corrected chi connectivity index (χ3v) is 2.71. The van der Waals surface area contributed by atoms with Crippen molar-refractivity contribution in [2.75, 3.05) is 5.88 Å². The Balaban J connectivity index is 0.000001000. The minimum atomic E-state index is 0. The number of hydrogen-bond donors (Lipinski definition) is 0. The standard InChI is InChI=1S/C7H9N2S.BrH/c1-6-7(2)10-5-9(6)4-3-8;/h4H,5H2,1-2H3;1H/q+1;/p-1. The molecule has 0 saturated heterocycles. The van der Waals surface area contributed by atoms with Crippen molar-refractivity contribution in [3.8, 4) is 6.07 Å². The van der Waals surface area contributed by atoms with E-state index in [1.165, 1.54) is 10.6 Å². The normalized spacial score (nSPS) is 19.9. The summed E-state index contributed by atoms with van der Waals surface area (Å²) in [7, 11) is 0. The van der Waals surface area contributed by atoms with E-state index in [0.29, 0.717) is 0 Å². The number of rotatable bonds is 0. The summed E-state index contributed by atoms with van der Waals surface area (Å²) in [6, 6.07) is 2.01. The van der Waals surface area contributed by atoms with Crippen LogP contribution in [0.25, 0.3) is 0 Å². The van der Waals surface area contributed by atoms with Gasteiger partial charge in [-0.25, -0.2) is 0 Å². The number of thioether (sulfide) groups is 1. The number of hydrogen-bond acceptors (Lipinski definition) is 2. The SMILES string of the molecule is CC1=C(C)[N+](=CC#N)CS1.[Br-]. The highest BCUT2D eigenvalue weighted by atomic mass is 79.9.